The van der Waals surface area contributed by atoms with E-state index in [4.69, 9.17) is 5.73 Å². The molecule has 2 rings (SSSR count). The van der Waals surface area contributed by atoms with Crippen LogP contribution in [-0.4, -0.2) is 53.9 Å². The van der Waals surface area contributed by atoms with Crippen LogP contribution in [0.4, 0.5) is 5.82 Å². The molecule has 0 aliphatic carbocycles. The fraction of sp³-hybridized carbons (Fsp3) is 0.800. The monoisotopic (exact) mass is 279 g/mol. The number of nitrogens with zero attached hydrogens (tertiary/aromatic N) is 4. The average molecular weight is 279 g/mol. The van der Waals surface area contributed by atoms with Crippen molar-refractivity contribution in [2.75, 3.05) is 32.1 Å². The lowest BCUT2D eigenvalue weighted by molar-refractivity contribution is 0.256. The Labute approximate surface area is 122 Å². The zero-order valence-electron chi connectivity index (χ0n) is 13.6. The van der Waals surface area contributed by atoms with Crippen molar-refractivity contribution >= 4 is 5.82 Å². The minimum absolute atomic E-state index is 0.172. The molecule has 0 amide bonds. The standard InChI is InChI=1S/C15H29N5/c1-11(16)9-14-12(2)17-19(5)15(14)20-8-6-7-13(10-20)18(3)4/h11,13H,6-10,16H2,1-5H3. The summed E-state index contributed by atoms with van der Waals surface area (Å²) >= 11 is 0. The molecule has 2 heterocycles. The van der Waals surface area contributed by atoms with Crippen LogP contribution < -0.4 is 10.6 Å². The predicted molar refractivity (Wildman–Crippen MR) is 84.2 cm³/mol. The Hall–Kier alpha value is -1.07. The highest BCUT2D eigenvalue weighted by Crippen LogP contribution is 2.28. The highest BCUT2D eigenvalue weighted by Gasteiger charge is 2.26. The summed E-state index contributed by atoms with van der Waals surface area (Å²) in [5.74, 6) is 1.27. The highest BCUT2D eigenvalue weighted by atomic mass is 15.4. The summed E-state index contributed by atoms with van der Waals surface area (Å²) in [5, 5.41) is 4.62. The van der Waals surface area contributed by atoms with E-state index in [2.05, 4.69) is 42.8 Å². The Kier molecular flexibility index (Phi) is 4.70. The van der Waals surface area contributed by atoms with Crippen LogP contribution in [0.1, 0.15) is 31.0 Å². The van der Waals surface area contributed by atoms with Gasteiger partial charge in [-0.3, -0.25) is 4.68 Å². The third kappa shape index (κ3) is 3.15. The molecular weight excluding hydrogens is 250 g/mol. The van der Waals surface area contributed by atoms with Crippen LogP contribution in [0.25, 0.3) is 0 Å². The summed E-state index contributed by atoms with van der Waals surface area (Å²) in [7, 11) is 6.39. The first-order chi connectivity index (χ1) is 9.40. The molecule has 0 aromatic carbocycles. The highest BCUT2D eigenvalue weighted by molar-refractivity contribution is 5.51. The maximum absolute atomic E-state index is 6.01. The van der Waals surface area contributed by atoms with E-state index in [9.17, 15) is 0 Å². The van der Waals surface area contributed by atoms with E-state index < -0.39 is 0 Å². The van der Waals surface area contributed by atoms with Gasteiger partial charge in [0.15, 0.2) is 0 Å². The lowest BCUT2D eigenvalue weighted by atomic mass is 10.0. The van der Waals surface area contributed by atoms with Gasteiger partial charge in [0.05, 0.1) is 5.69 Å². The van der Waals surface area contributed by atoms with E-state index in [1.54, 1.807) is 0 Å². The summed E-state index contributed by atoms with van der Waals surface area (Å²) in [6.45, 7) is 6.36. The first-order valence-electron chi connectivity index (χ1n) is 7.59. The van der Waals surface area contributed by atoms with E-state index in [0.717, 1.165) is 25.2 Å². The number of likely N-dealkylation sites (N-methyl/N-ethyl adjacent to an activating group) is 1. The second-order valence-electron chi connectivity index (χ2n) is 6.40. The van der Waals surface area contributed by atoms with Gasteiger partial charge >= 0.3 is 0 Å². The minimum atomic E-state index is 0.172. The third-order valence-electron chi connectivity index (χ3n) is 4.27. The van der Waals surface area contributed by atoms with Gasteiger partial charge < -0.3 is 15.5 Å². The minimum Gasteiger partial charge on any atom is -0.355 e. The maximum atomic E-state index is 6.01. The van der Waals surface area contributed by atoms with Crippen LogP contribution in [0.2, 0.25) is 0 Å². The molecule has 2 N–H and O–H groups in total. The Balaban J connectivity index is 2.27. The summed E-state index contributed by atoms with van der Waals surface area (Å²) in [5.41, 5.74) is 8.45. The molecule has 0 spiro atoms. The SMILES string of the molecule is Cc1nn(C)c(N2CCCC(N(C)C)C2)c1CC(C)N. The van der Waals surface area contributed by atoms with Crippen LogP contribution in [0.15, 0.2) is 0 Å². The molecule has 2 unspecified atom stereocenters. The Morgan fingerprint density at radius 1 is 1.45 bits per heavy atom. The van der Waals surface area contributed by atoms with Crippen LogP contribution in [0.5, 0.6) is 0 Å². The van der Waals surface area contributed by atoms with Crippen molar-refractivity contribution in [2.45, 2.75) is 45.2 Å². The normalized spacial score (nSPS) is 21.6. The molecule has 2 atom stereocenters. The summed E-state index contributed by atoms with van der Waals surface area (Å²) in [6, 6.07) is 0.799. The zero-order chi connectivity index (χ0) is 14.9. The first kappa shape index (κ1) is 15.3. The van der Waals surface area contributed by atoms with Crippen molar-refractivity contribution < 1.29 is 0 Å². The van der Waals surface area contributed by atoms with Crippen molar-refractivity contribution in [2.24, 2.45) is 12.8 Å². The van der Waals surface area contributed by atoms with Crippen LogP contribution in [0.3, 0.4) is 0 Å². The molecular formula is C15H29N5. The van der Waals surface area contributed by atoms with Gasteiger partial charge in [0.25, 0.3) is 0 Å². The summed E-state index contributed by atoms with van der Waals surface area (Å²) < 4.78 is 2.03. The molecule has 114 valence electrons. The first-order valence-corrected chi connectivity index (χ1v) is 7.59. The summed E-state index contributed by atoms with van der Waals surface area (Å²) in [6.07, 6.45) is 3.42. The lowest BCUT2D eigenvalue weighted by Gasteiger charge is -2.37. The molecule has 1 saturated heterocycles. The third-order valence-corrected chi connectivity index (χ3v) is 4.27. The number of aryl methyl sites for hydroxylation is 2. The van der Waals surface area contributed by atoms with Crippen LogP contribution in [-0.2, 0) is 13.5 Å². The molecule has 1 aliphatic heterocycles. The molecule has 1 fully saturated rings. The van der Waals surface area contributed by atoms with Gasteiger partial charge in [0.1, 0.15) is 5.82 Å². The van der Waals surface area contributed by atoms with E-state index in [1.165, 1.54) is 24.2 Å². The van der Waals surface area contributed by atoms with Gasteiger partial charge in [0.2, 0.25) is 0 Å². The molecule has 5 heteroatoms. The van der Waals surface area contributed by atoms with E-state index in [-0.39, 0.29) is 6.04 Å². The molecule has 5 nitrogen and oxygen atoms in total. The predicted octanol–water partition coefficient (Wildman–Crippen LogP) is 1.15. The molecule has 0 radical (unpaired) electrons. The van der Waals surface area contributed by atoms with Gasteiger partial charge in [-0.25, -0.2) is 0 Å². The van der Waals surface area contributed by atoms with Crippen molar-refractivity contribution in [1.82, 2.24) is 14.7 Å². The molecule has 0 bridgehead atoms. The zero-order valence-corrected chi connectivity index (χ0v) is 13.6. The van der Waals surface area contributed by atoms with Crippen molar-refractivity contribution in [3.63, 3.8) is 0 Å². The average Bonchev–Trinajstić information content (AvgIpc) is 2.63. The second kappa shape index (κ2) is 6.14. The van der Waals surface area contributed by atoms with Gasteiger partial charge in [-0.2, -0.15) is 5.10 Å². The van der Waals surface area contributed by atoms with Gasteiger partial charge in [-0.15, -0.1) is 0 Å². The Bertz CT molecular complexity index is 449. The van der Waals surface area contributed by atoms with Crippen LogP contribution >= 0.6 is 0 Å². The number of nitrogens with two attached hydrogens (primary N) is 1. The van der Waals surface area contributed by atoms with Gasteiger partial charge in [-0.1, -0.05) is 0 Å². The molecule has 20 heavy (non-hydrogen) atoms. The topological polar surface area (TPSA) is 50.3 Å². The number of hydrogen-bond donors (Lipinski definition) is 1. The maximum Gasteiger partial charge on any atom is 0.130 e. The Morgan fingerprint density at radius 2 is 2.15 bits per heavy atom. The smallest absolute Gasteiger partial charge is 0.130 e. The van der Waals surface area contributed by atoms with Crippen molar-refractivity contribution in [3.05, 3.63) is 11.3 Å². The number of aromatic nitrogens is 2. The second-order valence-corrected chi connectivity index (χ2v) is 6.40. The molecule has 1 aliphatic rings. The quantitative estimate of drug-likeness (QED) is 0.898. The van der Waals surface area contributed by atoms with Crippen LogP contribution in [0, 0.1) is 6.92 Å². The summed E-state index contributed by atoms with van der Waals surface area (Å²) in [4.78, 5) is 4.83. The number of rotatable bonds is 4. The van der Waals surface area contributed by atoms with E-state index in [1.807, 2.05) is 11.7 Å². The number of piperidine rings is 1. The largest absolute Gasteiger partial charge is 0.355 e. The fourth-order valence-electron chi connectivity index (χ4n) is 3.21. The molecule has 0 saturated carbocycles. The Morgan fingerprint density at radius 3 is 2.75 bits per heavy atom. The molecule has 1 aromatic heterocycles. The van der Waals surface area contributed by atoms with Gasteiger partial charge in [-0.05, 0) is 47.2 Å². The molecule has 1 aromatic rings. The fourth-order valence-corrected chi connectivity index (χ4v) is 3.21. The van der Waals surface area contributed by atoms with Crippen molar-refractivity contribution in [1.29, 1.82) is 0 Å². The number of hydrogen-bond acceptors (Lipinski definition) is 4. The van der Waals surface area contributed by atoms with E-state index >= 15 is 0 Å². The van der Waals surface area contributed by atoms with Crippen molar-refractivity contribution in [3.8, 4) is 0 Å². The van der Waals surface area contributed by atoms with Gasteiger partial charge in [0, 0.05) is 37.8 Å². The number of anilines is 1. The lowest BCUT2D eigenvalue weighted by Crippen LogP contribution is -2.46. The van der Waals surface area contributed by atoms with E-state index in [0.29, 0.717) is 6.04 Å².